The number of aromatic nitrogens is 3. The van der Waals surface area contributed by atoms with Gasteiger partial charge >= 0.3 is 6.18 Å². The van der Waals surface area contributed by atoms with E-state index in [0.29, 0.717) is 23.3 Å². The van der Waals surface area contributed by atoms with Gasteiger partial charge in [0.25, 0.3) is 11.4 Å². The molecule has 0 bridgehead atoms. The molecule has 5 rings (SSSR count). The molecule has 0 spiro atoms. The number of nitrogens with zero attached hydrogens (tertiary/aromatic N) is 3. The fraction of sp³-hybridized carbons (Fsp3) is 0.120. The van der Waals surface area contributed by atoms with Gasteiger partial charge in [0.05, 0.1) is 18.4 Å². The largest absolute Gasteiger partial charge is 0.870 e. The van der Waals surface area contributed by atoms with Crippen molar-refractivity contribution in [1.29, 1.82) is 0 Å². The zero-order valence-corrected chi connectivity index (χ0v) is 18.0. The molecule has 9 heteroatoms. The molecule has 0 amide bonds. The Morgan fingerprint density at radius 1 is 0.971 bits per heavy atom. The number of alkyl halides is 3. The highest BCUT2D eigenvalue weighted by Crippen LogP contribution is 2.33. The van der Waals surface area contributed by atoms with Crippen molar-refractivity contribution in [3.8, 4) is 17.3 Å². The third-order valence-corrected chi connectivity index (χ3v) is 5.59. The predicted molar refractivity (Wildman–Crippen MR) is 119 cm³/mol. The summed E-state index contributed by atoms with van der Waals surface area (Å²) < 4.78 is 47.3. The molecule has 0 atom stereocenters. The molecular weight excluding hydrogens is 447 g/mol. The van der Waals surface area contributed by atoms with Crippen molar-refractivity contribution in [1.82, 2.24) is 9.78 Å². The zero-order chi connectivity index (χ0) is 23.2. The monoisotopic (exact) mass is 467 g/mol. The first kappa shape index (κ1) is 23.1. The Kier molecular flexibility index (Phi) is 5.89. The van der Waals surface area contributed by atoms with Crippen LogP contribution in [0.5, 0.6) is 11.6 Å². The van der Waals surface area contributed by atoms with Crippen LogP contribution in [0.3, 0.4) is 0 Å². The predicted octanol–water partition coefficient (Wildman–Crippen LogP) is 5.07. The first-order valence-electron chi connectivity index (χ1n) is 10.2. The average Bonchev–Trinajstić information content (AvgIpc) is 3.17. The molecule has 0 aliphatic carbocycles. The number of halogens is 3. The number of fused-ring (bicyclic) bond motifs is 3. The van der Waals surface area contributed by atoms with E-state index in [1.165, 1.54) is 16.8 Å². The first-order chi connectivity index (χ1) is 15.8. The molecule has 2 aromatic heterocycles. The Bertz CT molecular complexity index is 1460. The van der Waals surface area contributed by atoms with Crippen LogP contribution in [0.2, 0.25) is 0 Å². The minimum Gasteiger partial charge on any atom is -0.870 e. The molecule has 6 nitrogen and oxygen atoms in total. The third kappa shape index (κ3) is 4.01. The summed E-state index contributed by atoms with van der Waals surface area (Å²) in [7, 11) is 1.60. The Morgan fingerprint density at radius 2 is 1.65 bits per heavy atom. The molecule has 0 fully saturated rings. The highest BCUT2D eigenvalue weighted by Gasteiger charge is 2.30. The van der Waals surface area contributed by atoms with Gasteiger partial charge in [-0.25, -0.2) is 0 Å². The minimum atomic E-state index is -4.44. The van der Waals surface area contributed by atoms with Gasteiger partial charge in [0.2, 0.25) is 0 Å². The van der Waals surface area contributed by atoms with Crippen LogP contribution in [-0.2, 0) is 12.7 Å². The van der Waals surface area contributed by atoms with Crippen LogP contribution in [0, 0.1) is 0 Å². The van der Waals surface area contributed by atoms with Crippen molar-refractivity contribution in [2.45, 2.75) is 12.7 Å². The van der Waals surface area contributed by atoms with Crippen molar-refractivity contribution in [3.05, 3.63) is 90.1 Å². The molecule has 3 aromatic carbocycles. The van der Waals surface area contributed by atoms with Crippen LogP contribution < -0.4 is 9.30 Å². The van der Waals surface area contributed by atoms with Crippen molar-refractivity contribution in [2.75, 3.05) is 7.11 Å². The van der Waals surface area contributed by atoms with E-state index >= 15 is 0 Å². The van der Waals surface area contributed by atoms with Crippen LogP contribution in [-0.4, -0.2) is 27.5 Å². The summed E-state index contributed by atoms with van der Waals surface area (Å²) in [6.45, 7) is 0.456. The van der Waals surface area contributed by atoms with E-state index < -0.39 is 11.7 Å². The van der Waals surface area contributed by atoms with Crippen molar-refractivity contribution >= 4 is 21.8 Å². The van der Waals surface area contributed by atoms with E-state index in [1.54, 1.807) is 7.11 Å². The second-order valence-electron chi connectivity index (χ2n) is 7.67. The summed E-state index contributed by atoms with van der Waals surface area (Å²) in [6, 6.07) is 19.8. The van der Waals surface area contributed by atoms with Gasteiger partial charge in [0.1, 0.15) is 5.75 Å². The lowest BCUT2D eigenvalue weighted by Gasteiger charge is -2.07. The van der Waals surface area contributed by atoms with Gasteiger partial charge in [-0.05, 0) is 54.6 Å². The summed E-state index contributed by atoms with van der Waals surface area (Å²) in [5.74, 6) is 0.592. The zero-order valence-electron chi connectivity index (χ0n) is 18.0. The standard InChI is InChI=1S/C25H18F3N3O2.H2O/c1-33-20-12-6-16(7-13-20)14-30-15-17-4-2-3-5-21(17)22-23(30)24(32)31(29-22)19-10-8-18(9-11-19)25(26,27)28;/h2-13,15H,14H2,1H3;1H2. The Labute approximate surface area is 192 Å². The van der Waals surface area contributed by atoms with Crippen molar-refractivity contribution in [3.63, 3.8) is 0 Å². The lowest BCUT2D eigenvalue weighted by molar-refractivity contribution is -0.661. The normalized spacial score (nSPS) is 11.5. The Balaban J connectivity index is 0.00000274. The molecule has 34 heavy (non-hydrogen) atoms. The highest BCUT2D eigenvalue weighted by molar-refractivity contribution is 6.03. The minimum absolute atomic E-state index is 0. The summed E-state index contributed by atoms with van der Waals surface area (Å²) in [5.41, 5.74) is 1.60. The van der Waals surface area contributed by atoms with Crippen LogP contribution in [0.25, 0.3) is 27.5 Å². The molecule has 174 valence electrons. The third-order valence-electron chi connectivity index (χ3n) is 5.59. The summed E-state index contributed by atoms with van der Waals surface area (Å²) in [5, 5.41) is 17.4. The van der Waals surface area contributed by atoms with Gasteiger partial charge in [-0.15, -0.1) is 0 Å². The number of aromatic hydroxyl groups is 1. The quantitative estimate of drug-likeness (QED) is 0.374. The fourth-order valence-corrected chi connectivity index (χ4v) is 3.93. The maximum atomic E-state index is 13.0. The van der Waals surface area contributed by atoms with Gasteiger partial charge < -0.3 is 15.3 Å². The van der Waals surface area contributed by atoms with Gasteiger partial charge in [-0.2, -0.15) is 27.5 Å². The number of hydrogen-bond acceptors (Lipinski definition) is 4. The second-order valence-corrected chi connectivity index (χ2v) is 7.67. The van der Waals surface area contributed by atoms with Crippen LogP contribution in [0.15, 0.2) is 79.0 Å². The van der Waals surface area contributed by atoms with E-state index in [9.17, 15) is 18.3 Å². The molecule has 2 heterocycles. The lowest BCUT2D eigenvalue weighted by atomic mass is 10.1. The molecule has 0 saturated heterocycles. The van der Waals surface area contributed by atoms with Crippen LogP contribution in [0.1, 0.15) is 11.1 Å². The lowest BCUT2D eigenvalue weighted by Crippen LogP contribution is -2.34. The maximum Gasteiger partial charge on any atom is 0.416 e. The molecule has 0 aliphatic rings. The number of hydrogen-bond donors (Lipinski definition) is 1. The topological polar surface area (TPSA) is 81.2 Å². The fourth-order valence-electron chi connectivity index (χ4n) is 3.93. The summed E-state index contributed by atoms with van der Waals surface area (Å²) in [4.78, 5) is 0. The maximum absolute atomic E-state index is 13.0. The summed E-state index contributed by atoms with van der Waals surface area (Å²) >= 11 is 0. The Morgan fingerprint density at radius 3 is 2.29 bits per heavy atom. The van der Waals surface area contributed by atoms with E-state index in [2.05, 4.69) is 5.10 Å². The van der Waals surface area contributed by atoms with Crippen LogP contribution in [0.4, 0.5) is 13.2 Å². The summed E-state index contributed by atoms with van der Waals surface area (Å²) in [6.07, 6.45) is -2.51. The van der Waals surface area contributed by atoms with E-state index in [1.807, 2.05) is 59.3 Å². The number of pyridine rings is 1. The molecule has 0 aliphatic heterocycles. The smallest absolute Gasteiger partial charge is 0.416 e. The number of ether oxygens (including phenoxy) is 1. The molecule has 0 saturated carbocycles. The second kappa shape index (κ2) is 8.68. The average molecular weight is 467 g/mol. The SMILES string of the molecule is COc1ccc(C[n+]2cc3ccccc3c3nn(-c4ccc(C(F)(F)F)cc4)c(O)c32)cc1.[OH-]. The van der Waals surface area contributed by atoms with E-state index in [0.717, 1.165) is 34.2 Å². The first-order valence-corrected chi connectivity index (χ1v) is 10.2. The molecule has 0 unspecified atom stereocenters. The number of rotatable bonds is 4. The van der Waals surface area contributed by atoms with E-state index in [-0.39, 0.29) is 11.4 Å². The Hall–Kier alpha value is -4.11. The molecular formula is C25H20F3N3O3. The van der Waals surface area contributed by atoms with Gasteiger partial charge in [0, 0.05) is 16.3 Å². The van der Waals surface area contributed by atoms with E-state index in [4.69, 9.17) is 4.74 Å². The molecule has 0 radical (unpaired) electrons. The van der Waals surface area contributed by atoms with Crippen molar-refractivity contribution in [2.24, 2.45) is 0 Å². The number of benzene rings is 3. The van der Waals surface area contributed by atoms with Crippen molar-refractivity contribution < 1.29 is 33.1 Å². The molecule has 5 aromatic rings. The van der Waals surface area contributed by atoms with Crippen LogP contribution >= 0.6 is 0 Å². The molecule has 2 N–H and O–H groups in total. The number of methoxy groups -OCH3 is 1. The van der Waals surface area contributed by atoms with Gasteiger partial charge in [-0.1, -0.05) is 18.2 Å². The van der Waals surface area contributed by atoms with Gasteiger partial charge in [0.15, 0.2) is 18.3 Å². The highest BCUT2D eigenvalue weighted by atomic mass is 19.4. The van der Waals surface area contributed by atoms with Gasteiger partial charge in [-0.3, -0.25) is 0 Å².